The van der Waals surface area contributed by atoms with Gasteiger partial charge in [-0.15, -0.1) is 0 Å². The second-order valence-electron chi connectivity index (χ2n) is 7.47. The zero-order chi connectivity index (χ0) is 22.9. The van der Waals surface area contributed by atoms with Gasteiger partial charge < -0.3 is 10.1 Å². The number of aryl methyl sites for hydroxylation is 2. The number of aromatic nitrogens is 2. The first-order valence-electron chi connectivity index (χ1n) is 10.1. The van der Waals surface area contributed by atoms with Crippen molar-refractivity contribution in [2.45, 2.75) is 18.7 Å². The first-order valence-corrected chi connectivity index (χ1v) is 11.9. The molecule has 10 heteroatoms. The molecule has 1 aliphatic rings. The van der Waals surface area contributed by atoms with Gasteiger partial charge in [-0.2, -0.15) is 9.40 Å². The largest absolute Gasteiger partial charge is 0.379 e. The molecular weight excluding hydrogens is 452 g/mol. The summed E-state index contributed by atoms with van der Waals surface area (Å²) in [4.78, 5) is 12.9. The minimum Gasteiger partial charge on any atom is -0.379 e. The van der Waals surface area contributed by atoms with Gasteiger partial charge in [-0.1, -0.05) is 23.7 Å². The van der Waals surface area contributed by atoms with E-state index in [2.05, 4.69) is 10.4 Å². The zero-order valence-corrected chi connectivity index (χ0v) is 19.3. The van der Waals surface area contributed by atoms with Gasteiger partial charge in [0.05, 0.1) is 35.3 Å². The molecule has 2 aromatic carbocycles. The summed E-state index contributed by atoms with van der Waals surface area (Å²) < 4.78 is 34.4. The first kappa shape index (κ1) is 22.5. The van der Waals surface area contributed by atoms with E-state index in [4.69, 9.17) is 16.3 Å². The van der Waals surface area contributed by atoms with Crippen LogP contribution in [0.25, 0.3) is 5.69 Å². The maximum absolute atomic E-state index is 13.1. The number of carbonyl (C=O) groups is 1. The van der Waals surface area contributed by atoms with Crippen LogP contribution in [0.5, 0.6) is 0 Å². The quantitative estimate of drug-likeness (QED) is 0.611. The van der Waals surface area contributed by atoms with Crippen molar-refractivity contribution in [3.05, 3.63) is 70.5 Å². The number of nitrogens with zero attached hydrogens (tertiary/aromatic N) is 3. The van der Waals surface area contributed by atoms with Gasteiger partial charge in [-0.25, -0.2) is 13.1 Å². The lowest BCUT2D eigenvalue weighted by atomic mass is 10.2. The minimum absolute atomic E-state index is 0.0658. The Labute approximate surface area is 191 Å². The van der Waals surface area contributed by atoms with Crippen LogP contribution >= 0.6 is 11.6 Å². The molecule has 1 amide bonds. The second kappa shape index (κ2) is 9.03. The molecule has 168 valence electrons. The molecule has 0 unspecified atom stereocenters. The van der Waals surface area contributed by atoms with E-state index < -0.39 is 15.9 Å². The number of rotatable bonds is 5. The molecule has 8 nitrogen and oxygen atoms in total. The number of sulfonamides is 1. The molecule has 1 fully saturated rings. The van der Waals surface area contributed by atoms with E-state index in [9.17, 15) is 13.2 Å². The Morgan fingerprint density at radius 3 is 2.50 bits per heavy atom. The van der Waals surface area contributed by atoms with Crippen LogP contribution in [-0.2, 0) is 14.8 Å². The number of halogens is 1. The third-order valence-corrected chi connectivity index (χ3v) is 7.55. The lowest BCUT2D eigenvalue weighted by Crippen LogP contribution is -2.40. The standard InChI is InChI=1S/C22H23ClN4O4S/c1-15-13-16(2)27(25-15)20-6-4-3-5-19(20)24-22(28)17-7-8-18(23)21(14-17)32(29,30)26-9-11-31-12-10-26/h3-8,13-14H,9-12H2,1-2H3,(H,24,28). The van der Waals surface area contributed by atoms with Crippen LogP contribution < -0.4 is 5.32 Å². The van der Waals surface area contributed by atoms with E-state index in [0.717, 1.165) is 11.4 Å². The van der Waals surface area contributed by atoms with E-state index in [0.29, 0.717) is 24.6 Å². The fourth-order valence-electron chi connectivity index (χ4n) is 3.60. The maximum atomic E-state index is 13.1. The third-order valence-electron chi connectivity index (χ3n) is 5.17. The van der Waals surface area contributed by atoms with E-state index in [-0.39, 0.29) is 28.6 Å². The van der Waals surface area contributed by atoms with Crippen molar-refractivity contribution in [3.63, 3.8) is 0 Å². The van der Waals surface area contributed by atoms with Gasteiger partial charge in [0.2, 0.25) is 10.0 Å². The molecule has 3 aromatic rings. The minimum atomic E-state index is -3.85. The van der Waals surface area contributed by atoms with Gasteiger partial charge in [-0.05, 0) is 50.2 Å². The van der Waals surface area contributed by atoms with E-state index in [1.54, 1.807) is 16.8 Å². The summed E-state index contributed by atoms with van der Waals surface area (Å²) in [6, 6.07) is 13.5. The summed E-state index contributed by atoms with van der Waals surface area (Å²) in [6.45, 7) is 4.95. The smallest absolute Gasteiger partial charge is 0.255 e. The van der Waals surface area contributed by atoms with E-state index >= 15 is 0 Å². The molecule has 1 aromatic heterocycles. The van der Waals surface area contributed by atoms with Gasteiger partial charge in [0.1, 0.15) is 4.90 Å². The molecule has 0 aliphatic carbocycles. The summed E-state index contributed by atoms with van der Waals surface area (Å²) in [7, 11) is -3.85. The molecule has 1 aliphatic heterocycles. The Morgan fingerprint density at radius 1 is 1.09 bits per heavy atom. The summed E-state index contributed by atoms with van der Waals surface area (Å²) in [5.41, 5.74) is 3.23. The maximum Gasteiger partial charge on any atom is 0.255 e. The van der Waals surface area contributed by atoms with Crippen molar-refractivity contribution < 1.29 is 17.9 Å². The van der Waals surface area contributed by atoms with Crippen molar-refractivity contribution in [2.75, 3.05) is 31.6 Å². The Bertz CT molecular complexity index is 1270. The van der Waals surface area contributed by atoms with Crippen molar-refractivity contribution in [1.29, 1.82) is 0 Å². The number of anilines is 1. The van der Waals surface area contributed by atoms with Gasteiger partial charge >= 0.3 is 0 Å². The third kappa shape index (κ3) is 4.42. The van der Waals surface area contributed by atoms with E-state index in [1.807, 2.05) is 32.0 Å². The first-order chi connectivity index (χ1) is 15.3. The number of carbonyl (C=O) groups excluding carboxylic acids is 1. The number of hydrogen-bond acceptors (Lipinski definition) is 5. The summed E-state index contributed by atoms with van der Waals surface area (Å²) in [5.74, 6) is -0.450. The van der Waals surface area contributed by atoms with Crippen molar-refractivity contribution in [1.82, 2.24) is 14.1 Å². The van der Waals surface area contributed by atoms with Gasteiger partial charge in [0.25, 0.3) is 5.91 Å². The molecule has 0 saturated carbocycles. The number of benzene rings is 2. The Kier molecular flexibility index (Phi) is 6.34. The predicted octanol–water partition coefficient (Wildman–Crippen LogP) is 3.42. The zero-order valence-electron chi connectivity index (χ0n) is 17.7. The number of hydrogen-bond donors (Lipinski definition) is 1. The highest BCUT2D eigenvalue weighted by atomic mass is 35.5. The summed E-state index contributed by atoms with van der Waals surface area (Å²) in [6.07, 6.45) is 0. The number of amides is 1. The molecular formula is C22H23ClN4O4S. The average molecular weight is 475 g/mol. The molecule has 4 rings (SSSR count). The SMILES string of the molecule is Cc1cc(C)n(-c2ccccc2NC(=O)c2ccc(Cl)c(S(=O)(=O)N3CCOCC3)c2)n1. The number of para-hydroxylation sites is 2. The fraction of sp³-hybridized carbons (Fsp3) is 0.273. The summed E-state index contributed by atoms with van der Waals surface area (Å²) >= 11 is 6.21. The molecule has 2 heterocycles. The Hall–Kier alpha value is -2.72. The van der Waals surface area contributed by atoms with Crippen LogP contribution in [0, 0.1) is 13.8 Å². The molecule has 0 radical (unpaired) electrons. The van der Waals surface area contributed by atoms with Crippen LogP contribution in [0.3, 0.4) is 0 Å². The van der Waals surface area contributed by atoms with Crippen molar-refractivity contribution in [3.8, 4) is 5.69 Å². The van der Waals surface area contributed by atoms with E-state index in [1.165, 1.54) is 22.5 Å². The average Bonchev–Trinajstić information content (AvgIpc) is 3.12. The number of nitrogens with one attached hydrogen (secondary N) is 1. The Balaban J connectivity index is 1.65. The molecule has 0 bridgehead atoms. The van der Waals surface area contributed by atoms with Crippen molar-refractivity contribution in [2.24, 2.45) is 0 Å². The Morgan fingerprint density at radius 2 is 1.81 bits per heavy atom. The van der Waals surface area contributed by atoms with Gasteiger partial charge in [0.15, 0.2) is 0 Å². The monoisotopic (exact) mass is 474 g/mol. The van der Waals surface area contributed by atoms with Crippen LogP contribution in [0.4, 0.5) is 5.69 Å². The summed E-state index contributed by atoms with van der Waals surface area (Å²) in [5, 5.41) is 7.42. The number of morpholine rings is 1. The van der Waals surface area contributed by atoms with Crippen LogP contribution in [-0.4, -0.2) is 54.7 Å². The lowest BCUT2D eigenvalue weighted by molar-refractivity contribution is 0.0730. The molecule has 32 heavy (non-hydrogen) atoms. The highest BCUT2D eigenvalue weighted by Crippen LogP contribution is 2.28. The van der Waals surface area contributed by atoms with Crippen LogP contribution in [0.15, 0.2) is 53.4 Å². The molecule has 1 N–H and O–H groups in total. The van der Waals surface area contributed by atoms with Crippen molar-refractivity contribution >= 4 is 33.2 Å². The van der Waals surface area contributed by atoms with Crippen LogP contribution in [0.2, 0.25) is 5.02 Å². The topological polar surface area (TPSA) is 93.5 Å². The molecule has 1 saturated heterocycles. The normalized spacial score (nSPS) is 15.0. The molecule has 0 atom stereocenters. The molecule has 0 spiro atoms. The lowest BCUT2D eigenvalue weighted by Gasteiger charge is -2.26. The predicted molar refractivity (Wildman–Crippen MR) is 122 cm³/mol. The number of ether oxygens (including phenoxy) is 1. The highest BCUT2D eigenvalue weighted by Gasteiger charge is 2.29. The highest BCUT2D eigenvalue weighted by molar-refractivity contribution is 7.89. The second-order valence-corrected chi connectivity index (χ2v) is 9.79. The van der Waals surface area contributed by atoms with Gasteiger partial charge in [-0.3, -0.25) is 4.79 Å². The van der Waals surface area contributed by atoms with Gasteiger partial charge in [0, 0.05) is 24.3 Å². The van der Waals surface area contributed by atoms with Crippen LogP contribution in [0.1, 0.15) is 21.7 Å². The fourth-order valence-corrected chi connectivity index (χ4v) is 5.51.